The van der Waals surface area contributed by atoms with Gasteiger partial charge in [0.1, 0.15) is 12.3 Å². The van der Waals surface area contributed by atoms with Crippen LogP contribution in [-0.2, 0) is 21.2 Å². The molecule has 33 heavy (non-hydrogen) atoms. The molecule has 3 aromatic rings. The van der Waals surface area contributed by atoms with Crippen LogP contribution in [0.1, 0.15) is 25.0 Å². The highest BCUT2D eigenvalue weighted by molar-refractivity contribution is 7.92. The number of anilines is 1. The summed E-state index contributed by atoms with van der Waals surface area (Å²) in [7, 11) is -2.38. The van der Waals surface area contributed by atoms with Gasteiger partial charge in [0.15, 0.2) is 0 Å². The molecule has 0 spiro atoms. The van der Waals surface area contributed by atoms with E-state index in [1.165, 1.54) is 12.1 Å². The topological polar surface area (TPSA) is 88.1 Å². The Bertz CT molecular complexity index is 1220. The van der Waals surface area contributed by atoms with Crippen LogP contribution in [0.3, 0.4) is 0 Å². The predicted molar refractivity (Wildman–Crippen MR) is 130 cm³/mol. The maximum absolute atomic E-state index is 13.5. The number of benzene rings is 3. The SMILES string of the molecule is CCc1ccccc1N(CC(=O)N/N=C(/C)c1ccc(OC)cc1)S(=O)(=O)c1ccccc1. The van der Waals surface area contributed by atoms with E-state index >= 15 is 0 Å². The first-order valence-corrected chi connectivity index (χ1v) is 11.9. The third-order valence-electron chi connectivity index (χ3n) is 5.12. The van der Waals surface area contributed by atoms with E-state index in [0.717, 1.165) is 15.4 Å². The second-order valence-corrected chi connectivity index (χ2v) is 9.13. The summed E-state index contributed by atoms with van der Waals surface area (Å²) in [4.78, 5) is 12.9. The van der Waals surface area contributed by atoms with Crippen LogP contribution in [0.15, 0.2) is 88.9 Å². The first-order valence-electron chi connectivity index (χ1n) is 10.5. The third kappa shape index (κ3) is 5.78. The number of ether oxygens (including phenoxy) is 1. The van der Waals surface area contributed by atoms with Crippen LogP contribution < -0.4 is 14.5 Å². The second-order valence-electron chi connectivity index (χ2n) is 7.27. The second kappa shape index (κ2) is 10.8. The van der Waals surface area contributed by atoms with Crippen molar-refractivity contribution in [3.63, 3.8) is 0 Å². The summed E-state index contributed by atoms with van der Waals surface area (Å²) in [6.07, 6.45) is 0.618. The molecule has 0 fully saturated rings. The van der Waals surface area contributed by atoms with Crippen LogP contribution in [0.4, 0.5) is 5.69 Å². The molecule has 0 aliphatic rings. The van der Waals surface area contributed by atoms with Crippen molar-refractivity contribution in [1.82, 2.24) is 5.43 Å². The molecule has 0 saturated carbocycles. The normalized spacial score (nSPS) is 11.7. The summed E-state index contributed by atoms with van der Waals surface area (Å²) >= 11 is 0. The van der Waals surface area contributed by atoms with Crippen molar-refractivity contribution in [3.05, 3.63) is 90.0 Å². The van der Waals surface area contributed by atoms with Gasteiger partial charge < -0.3 is 4.74 Å². The fraction of sp³-hybridized carbons (Fsp3) is 0.200. The first-order chi connectivity index (χ1) is 15.9. The Balaban J connectivity index is 1.87. The molecular formula is C25H27N3O4S. The van der Waals surface area contributed by atoms with Gasteiger partial charge in [0.05, 0.1) is 23.4 Å². The lowest BCUT2D eigenvalue weighted by atomic mass is 10.1. The number of carbonyl (C=O) groups is 1. The van der Waals surface area contributed by atoms with Crippen molar-refractivity contribution < 1.29 is 17.9 Å². The van der Waals surface area contributed by atoms with E-state index in [0.29, 0.717) is 23.6 Å². The monoisotopic (exact) mass is 465 g/mol. The molecule has 7 nitrogen and oxygen atoms in total. The van der Waals surface area contributed by atoms with Crippen molar-refractivity contribution in [1.29, 1.82) is 0 Å². The van der Waals surface area contributed by atoms with E-state index in [4.69, 9.17) is 4.74 Å². The molecule has 0 aliphatic heterocycles. The maximum atomic E-state index is 13.5. The van der Waals surface area contributed by atoms with Gasteiger partial charge in [0.2, 0.25) is 0 Å². The molecule has 0 atom stereocenters. The molecule has 0 heterocycles. The predicted octanol–water partition coefficient (Wildman–Crippen LogP) is 3.99. The minimum Gasteiger partial charge on any atom is -0.497 e. The number of amides is 1. The standard InChI is InChI=1S/C25H27N3O4S/c1-4-20-10-8-9-13-24(20)28(33(30,31)23-11-6-5-7-12-23)18-25(29)27-26-19(2)21-14-16-22(32-3)17-15-21/h5-17H,4,18H2,1-3H3,(H,27,29)/b26-19-. The van der Waals surface area contributed by atoms with E-state index in [-0.39, 0.29) is 4.90 Å². The number of carbonyl (C=O) groups excluding carboxylic acids is 1. The Labute approximate surface area is 194 Å². The average molecular weight is 466 g/mol. The fourth-order valence-electron chi connectivity index (χ4n) is 3.28. The number of rotatable bonds is 9. The number of hydrogen-bond acceptors (Lipinski definition) is 5. The zero-order valence-corrected chi connectivity index (χ0v) is 19.7. The van der Waals surface area contributed by atoms with Gasteiger partial charge in [0.25, 0.3) is 15.9 Å². The van der Waals surface area contributed by atoms with E-state index in [1.54, 1.807) is 56.5 Å². The Morgan fingerprint density at radius 2 is 1.61 bits per heavy atom. The molecule has 1 amide bonds. The van der Waals surface area contributed by atoms with Crippen LogP contribution in [0.25, 0.3) is 0 Å². The molecule has 0 bridgehead atoms. The van der Waals surface area contributed by atoms with Crippen molar-refractivity contribution in [2.75, 3.05) is 18.0 Å². The summed E-state index contributed by atoms with van der Waals surface area (Å²) in [5.74, 6) is 0.167. The lowest BCUT2D eigenvalue weighted by molar-refractivity contribution is -0.119. The molecule has 8 heteroatoms. The molecule has 172 valence electrons. The van der Waals surface area contributed by atoms with E-state index in [9.17, 15) is 13.2 Å². The van der Waals surface area contributed by atoms with E-state index in [1.807, 2.05) is 31.2 Å². The number of hydrazone groups is 1. The highest BCUT2D eigenvalue weighted by Crippen LogP contribution is 2.27. The number of nitrogens with one attached hydrogen (secondary N) is 1. The number of hydrogen-bond donors (Lipinski definition) is 1. The highest BCUT2D eigenvalue weighted by Gasteiger charge is 2.28. The quantitative estimate of drug-likeness (QED) is 0.382. The summed E-state index contributed by atoms with van der Waals surface area (Å²) in [6.45, 7) is 3.29. The molecule has 0 radical (unpaired) electrons. The lowest BCUT2D eigenvalue weighted by Crippen LogP contribution is -2.40. The summed E-state index contributed by atoms with van der Waals surface area (Å²) in [5.41, 5.74) is 5.16. The fourth-order valence-corrected chi connectivity index (χ4v) is 4.76. The van der Waals surface area contributed by atoms with Crippen LogP contribution in [0.5, 0.6) is 5.75 Å². The Hall–Kier alpha value is -3.65. The minimum atomic E-state index is -3.97. The van der Waals surface area contributed by atoms with E-state index in [2.05, 4.69) is 10.5 Å². The van der Waals surface area contributed by atoms with Gasteiger partial charge in [-0.1, -0.05) is 43.3 Å². The van der Waals surface area contributed by atoms with Crippen molar-refractivity contribution in [2.45, 2.75) is 25.2 Å². The van der Waals surface area contributed by atoms with Gasteiger partial charge in [-0.05, 0) is 66.9 Å². The molecule has 1 N–H and O–H groups in total. The Morgan fingerprint density at radius 3 is 2.24 bits per heavy atom. The third-order valence-corrected chi connectivity index (χ3v) is 6.89. The summed E-state index contributed by atoms with van der Waals surface area (Å²) in [6, 6.07) is 22.5. The molecule has 0 aromatic heterocycles. The molecule has 3 rings (SSSR count). The first kappa shape index (κ1) is 24.0. The largest absolute Gasteiger partial charge is 0.497 e. The number of aryl methyl sites for hydroxylation is 1. The Morgan fingerprint density at radius 1 is 0.970 bits per heavy atom. The van der Waals surface area contributed by atoms with Crippen molar-refractivity contribution in [3.8, 4) is 5.75 Å². The highest BCUT2D eigenvalue weighted by atomic mass is 32.2. The van der Waals surface area contributed by atoms with Gasteiger partial charge >= 0.3 is 0 Å². The molecule has 3 aromatic carbocycles. The molecular weight excluding hydrogens is 438 g/mol. The maximum Gasteiger partial charge on any atom is 0.264 e. The molecule has 0 saturated heterocycles. The van der Waals surface area contributed by atoms with Gasteiger partial charge in [-0.2, -0.15) is 5.10 Å². The van der Waals surface area contributed by atoms with Crippen molar-refractivity contribution >= 4 is 27.3 Å². The van der Waals surface area contributed by atoms with Crippen molar-refractivity contribution in [2.24, 2.45) is 5.10 Å². The Kier molecular flexibility index (Phi) is 7.84. The average Bonchev–Trinajstić information content (AvgIpc) is 2.86. The van der Waals surface area contributed by atoms with Crippen LogP contribution in [0, 0.1) is 0 Å². The number of nitrogens with zero attached hydrogens (tertiary/aromatic N) is 2. The zero-order chi connectivity index (χ0) is 23.8. The minimum absolute atomic E-state index is 0.113. The van der Waals surface area contributed by atoms with Crippen LogP contribution in [0.2, 0.25) is 0 Å². The lowest BCUT2D eigenvalue weighted by Gasteiger charge is -2.25. The summed E-state index contributed by atoms with van der Waals surface area (Å²) < 4.78 is 33.2. The van der Waals surface area contributed by atoms with Gasteiger partial charge in [-0.15, -0.1) is 0 Å². The van der Waals surface area contributed by atoms with Gasteiger partial charge in [0, 0.05) is 0 Å². The summed E-state index contributed by atoms with van der Waals surface area (Å²) in [5, 5.41) is 4.15. The van der Waals surface area contributed by atoms with Crippen LogP contribution >= 0.6 is 0 Å². The van der Waals surface area contributed by atoms with E-state index < -0.39 is 22.5 Å². The van der Waals surface area contributed by atoms with Crippen LogP contribution in [-0.4, -0.2) is 33.7 Å². The number of methoxy groups -OCH3 is 1. The molecule has 0 aliphatic carbocycles. The smallest absolute Gasteiger partial charge is 0.264 e. The van der Waals surface area contributed by atoms with Gasteiger partial charge in [-0.3, -0.25) is 9.10 Å². The zero-order valence-electron chi connectivity index (χ0n) is 18.9. The molecule has 0 unspecified atom stereocenters. The van der Waals surface area contributed by atoms with Gasteiger partial charge in [-0.25, -0.2) is 13.8 Å². The number of sulfonamides is 1. The number of para-hydroxylation sites is 1.